The second-order valence-corrected chi connectivity index (χ2v) is 8.33. The van der Waals surface area contributed by atoms with E-state index in [4.69, 9.17) is 23.2 Å². The zero-order valence-electron chi connectivity index (χ0n) is 17.8. The van der Waals surface area contributed by atoms with Gasteiger partial charge in [0.1, 0.15) is 10.7 Å². The number of nitrogens with one attached hydrogen (secondary N) is 2. The van der Waals surface area contributed by atoms with E-state index < -0.39 is 11.8 Å². The molecule has 1 aliphatic rings. The standard InChI is InChI=1S/C25H19Cl2N3O3/c1-14-9-11-17(12-10-14)29-23(31)16-5-3-6-18(13-16)28-22-21(27)24(32)30(25(22)33)20-8-4-7-19(26)15(20)2/h3-13,28H,1-2H3,(H,29,31). The Balaban J connectivity index is 1.56. The molecule has 6 nitrogen and oxygen atoms in total. The van der Waals surface area contributed by atoms with E-state index in [2.05, 4.69) is 10.6 Å². The summed E-state index contributed by atoms with van der Waals surface area (Å²) in [7, 11) is 0. The van der Waals surface area contributed by atoms with Crippen molar-refractivity contribution < 1.29 is 14.4 Å². The number of halogens is 2. The largest absolute Gasteiger partial charge is 0.350 e. The highest BCUT2D eigenvalue weighted by molar-refractivity contribution is 6.53. The molecule has 0 aromatic heterocycles. The van der Waals surface area contributed by atoms with E-state index in [-0.39, 0.29) is 16.6 Å². The maximum absolute atomic E-state index is 13.1. The van der Waals surface area contributed by atoms with Gasteiger partial charge in [-0.15, -0.1) is 0 Å². The first-order valence-electron chi connectivity index (χ1n) is 10.0. The first-order chi connectivity index (χ1) is 15.8. The highest BCUT2D eigenvalue weighted by atomic mass is 35.5. The first-order valence-corrected chi connectivity index (χ1v) is 10.8. The Morgan fingerprint density at radius 1 is 0.848 bits per heavy atom. The Bertz CT molecular complexity index is 1320. The van der Waals surface area contributed by atoms with Gasteiger partial charge >= 0.3 is 0 Å². The molecule has 0 spiro atoms. The van der Waals surface area contributed by atoms with Crippen LogP contribution in [0.4, 0.5) is 17.1 Å². The molecule has 0 aliphatic carbocycles. The monoisotopic (exact) mass is 479 g/mol. The van der Waals surface area contributed by atoms with E-state index in [9.17, 15) is 14.4 Å². The molecule has 0 radical (unpaired) electrons. The minimum Gasteiger partial charge on any atom is -0.350 e. The van der Waals surface area contributed by atoms with Crippen molar-refractivity contribution in [3.8, 4) is 0 Å². The van der Waals surface area contributed by atoms with Crippen LogP contribution in [0, 0.1) is 13.8 Å². The van der Waals surface area contributed by atoms with Crippen LogP contribution < -0.4 is 15.5 Å². The van der Waals surface area contributed by atoms with Gasteiger partial charge in [0.15, 0.2) is 0 Å². The summed E-state index contributed by atoms with van der Waals surface area (Å²) in [6, 6.07) is 18.9. The summed E-state index contributed by atoms with van der Waals surface area (Å²) in [5.41, 5.74) is 3.43. The number of nitrogens with zero attached hydrogens (tertiary/aromatic N) is 1. The number of amides is 3. The number of benzene rings is 3. The molecule has 0 bridgehead atoms. The molecule has 4 rings (SSSR count). The molecule has 0 fully saturated rings. The van der Waals surface area contributed by atoms with Crippen molar-refractivity contribution in [1.29, 1.82) is 0 Å². The lowest BCUT2D eigenvalue weighted by Crippen LogP contribution is -2.32. The van der Waals surface area contributed by atoms with Crippen LogP contribution in [-0.2, 0) is 9.59 Å². The molecule has 0 unspecified atom stereocenters. The van der Waals surface area contributed by atoms with Crippen molar-refractivity contribution in [1.82, 2.24) is 0 Å². The molecule has 33 heavy (non-hydrogen) atoms. The summed E-state index contributed by atoms with van der Waals surface area (Å²) in [6.45, 7) is 3.68. The maximum Gasteiger partial charge on any atom is 0.283 e. The van der Waals surface area contributed by atoms with Gasteiger partial charge in [0, 0.05) is 22.0 Å². The smallest absolute Gasteiger partial charge is 0.283 e. The molecule has 8 heteroatoms. The van der Waals surface area contributed by atoms with E-state index in [0.717, 1.165) is 10.5 Å². The van der Waals surface area contributed by atoms with Crippen molar-refractivity contribution in [3.63, 3.8) is 0 Å². The molecule has 2 N–H and O–H groups in total. The number of hydrogen-bond acceptors (Lipinski definition) is 4. The van der Waals surface area contributed by atoms with Crippen LogP contribution in [0.25, 0.3) is 0 Å². The zero-order chi connectivity index (χ0) is 23.7. The van der Waals surface area contributed by atoms with Crippen LogP contribution in [0.3, 0.4) is 0 Å². The average molecular weight is 480 g/mol. The zero-order valence-corrected chi connectivity index (χ0v) is 19.3. The van der Waals surface area contributed by atoms with Gasteiger partial charge in [-0.3, -0.25) is 14.4 Å². The minimum absolute atomic E-state index is 0.0721. The molecule has 0 saturated carbocycles. The normalized spacial score (nSPS) is 13.5. The van der Waals surface area contributed by atoms with Gasteiger partial charge in [0.25, 0.3) is 17.7 Å². The lowest BCUT2D eigenvalue weighted by molar-refractivity contribution is -0.120. The van der Waals surface area contributed by atoms with Crippen molar-refractivity contribution >= 4 is 58.0 Å². The maximum atomic E-state index is 13.1. The van der Waals surface area contributed by atoms with Crippen molar-refractivity contribution in [3.05, 3.63) is 99.2 Å². The molecule has 3 amide bonds. The Kier molecular flexibility index (Phi) is 6.22. The fourth-order valence-electron chi connectivity index (χ4n) is 3.39. The molecular weight excluding hydrogens is 461 g/mol. The van der Waals surface area contributed by atoms with Crippen LogP contribution in [0.5, 0.6) is 0 Å². The van der Waals surface area contributed by atoms with Crippen LogP contribution >= 0.6 is 23.2 Å². The fourth-order valence-corrected chi connectivity index (χ4v) is 3.77. The highest BCUT2D eigenvalue weighted by Crippen LogP contribution is 2.34. The predicted octanol–water partition coefficient (Wildman–Crippen LogP) is 5.64. The minimum atomic E-state index is -0.650. The number of anilines is 3. The number of carbonyl (C=O) groups excluding carboxylic acids is 3. The Morgan fingerprint density at radius 2 is 1.55 bits per heavy atom. The van der Waals surface area contributed by atoms with E-state index >= 15 is 0 Å². The molecule has 0 atom stereocenters. The third kappa shape index (κ3) is 4.49. The van der Waals surface area contributed by atoms with Crippen LogP contribution in [0.2, 0.25) is 5.02 Å². The molecule has 0 saturated heterocycles. The van der Waals surface area contributed by atoms with Crippen molar-refractivity contribution in [2.45, 2.75) is 13.8 Å². The lowest BCUT2D eigenvalue weighted by Gasteiger charge is -2.18. The molecule has 166 valence electrons. The summed E-state index contributed by atoms with van der Waals surface area (Å²) in [5.74, 6) is -1.57. The molecule has 1 aliphatic heterocycles. The van der Waals surface area contributed by atoms with E-state index in [0.29, 0.717) is 33.2 Å². The molecule has 1 heterocycles. The van der Waals surface area contributed by atoms with Gasteiger partial charge in [-0.1, -0.05) is 53.0 Å². The van der Waals surface area contributed by atoms with Crippen molar-refractivity contribution in [2.75, 3.05) is 15.5 Å². The SMILES string of the molecule is Cc1ccc(NC(=O)c2cccc(NC3=C(Cl)C(=O)N(c4cccc(Cl)c4C)C3=O)c2)cc1. The van der Waals surface area contributed by atoms with E-state index in [1.54, 1.807) is 49.4 Å². The molecule has 3 aromatic rings. The fraction of sp³-hybridized carbons (Fsp3) is 0.0800. The van der Waals surface area contributed by atoms with E-state index in [1.807, 2.05) is 31.2 Å². The lowest BCUT2D eigenvalue weighted by atomic mass is 10.1. The van der Waals surface area contributed by atoms with Gasteiger partial charge in [0.2, 0.25) is 0 Å². The second-order valence-electron chi connectivity index (χ2n) is 7.54. The number of imide groups is 1. The quantitative estimate of drug-likeness (QED) is 0.463. The van der Waals surface area contributed by atoms with Gasteiger partial charge < -0.3 is 10.6 Å². The number of rotatable bonds is 5. The third-order valence-electron chi connectivity index (χ3n) is 5.21. The topological polar surface area (TPSA) is 78.5 Å². The number of carbonyl (C=O) groups is 3. The Labute approximate surface area is 200 Å². The second kappa shape index (κ2) is 9.10. The Hall–Kier alpha value is -3.61. The Morgan fingerprint density at radius 3 is 2.27 bits per heavy atom. The molecular formula is C25H19Cl2N3O3. The van der Waals surface area contributed by atoms with Crippen LogP contribution in [0.15, 0.2) is 77.5 Å². The summed E-state index contributed by atoms with van der Waals surface area (Å²) in [6.07, 6.45) is 0. The summed E-state index contributed by atoms with van der Waals surface area (Å²) in [4.78, 5) is 39.5. The number of hydrogen-bond donors (Lipinski definition) is 2. The summed E-state index contributed by atoms with van der Waals surface area (Å²) < 4.78 is 0. The van der Waals surface area contributed by atoms with Crippen LogP contribution in [-0.4, -0.2) is 17.7 Å². The van der Waals surface area contributed by atoms with Gasteiger partial charge in [-0.2, -0.15) is 0 Å². The summed E-state index contributed by atoms with van der Waals surface area (Å²) >= 11 is 12.4. The van der Waals surface area contributed by atoms with Gasteiger partial charge in [-0.05, 0) is 61.9 Å². The highest BCUT2D eigenvalue weighted by Gasteiger charge is 2.39. The van der Waals surface area contributed by atoms with Gasteiger partial charge in [0.05, 0.1) is 5.69 Å². The van der Waals surface area contributed by atoms with Gasteiger partial charge in [-0.25, -0.2) is 4.90 Å². The average Bonchev–Trinajstić information content (AvgIpc) is 3.00. The number of aryl methyl sites for hydroxylation is 1. The first kappa shape index (κ1) is 22.6. The summed E-state index contributed by atoms with van der Waals surface area (Å²) in [5, 5.41) is 5.91. The predicted molar refractivity (Wildman–Crippen MR) is 131 cm³/mol. The van der Waals surface area contributed by atoms with Crippen molar-refractivity contribution in [2.24, 2.45) is 0 Å². The third-order valence-corrected chi connectivity index (χ3v) is 5.97. The molecule has 3 aromatic carbocycles. The van der Waals surface area contributed by atoms with Crippen LogP contribution in [0.1, 0.15) is 21.5 Å². The van der Waals surface area contributed by atoms with E-state index in [1.165, 1.54) is 0 Å².